The number of rotatable bonds is 7. The van der Waals surface area contributed by atoms with Crippen LogP contribution in [0, 0.1) is 0 Å². The minimum absolute atomic E-state index is 0.141. The van der Waals surface area contributed by atoms with Gasteiger partial charge >= 0.3 is 5.97 Å². The lowest BCUT2D eigenvalue weighted by molar-refractivity contribution is -0.139. The van der Waals surface area contributed by atoms with Crippen molar-refractivity contribution >= 4 is 5.97 Å². The van der Waals surface area contributed by atoms with Gasteiger partial charge < -0.3 is 9.84 Å². The summed E-state index contributed by atoms with van der Waals surface area (Å²) in [6.07, 6.45) is 4.56. The summed E-state index contributed by atoms with van der Waals surface area (Å²) in [7, 11) is 0. The monoisotopic (exact) mass is 229 g/mol. The van der Waals surface area contributed by atoms with E-state index in [1.54, 1.807) is 0 Å². The quantitative estimate of drug-likeness (QED) is 0.722. The first-order valence-electron chi connectivity index (χ1n) is 6.21. The molecule has 4 nitrogen and oxygen atoms in total. The van der Waals surface area contributed by atoms with Gasteiger partial charge in [-0.25, -0.2) is 0 Å². The van der Waals surface area contributed by atoms with Crippen LogP contribution in [0.15, 0.2) is 0 Å². The van der Waals surface area contributed by atoms with E-state index in [-0.39, 0.29) is 6.54 Å². The summed E-state index contributed by atoms with van der Waals surface area (Å²) in [5.74, 6) is -0.743. The molecule has 1 saturated heterocycles. The summed E-state index contributed by atoms with van der Waals surface area (Å²) in [4.78, 5) is 12.8. The molecule has 2 unspecified atom stereocenters. The van der Waals surface area contributed by atoms with Gasteiger partial charge in [-0.1, -0.05) is 6.92 Å². The maximum atomic E-state index is 10.8. The molecule has 0 bridgehead atoms. The van der Waals surface area contributed by atoms with E-state index in [4.69, 9.17) is 9.84 Å². The highest BCUT2D eigenvalue weighted by Crippen LogP contribution is 2.16. The Labute approximate surface area is 97.6 Å². The average molecular weight is 229 g/mol. The Kier molecular flexibility index (Phi) is 5.77. The van der Waals surface area contributed by atoms with Gasteiger partial charge in [0, 0.05) is 19.2 Å². The topological polar surface area (TPSA) is 49.8 Å². The fraction of sp³-hybridized carbons (Fsp3) is 0.917. The van der Waals surface area contributed by atoms with E-state index in [0.29, 0.717) is 12.1 Å². The highest BCUT2D eigenvalue weighted by molar-refractivity contribution is 5.69. The summed E-state index contributed by atoms with van der Waals surface area (Å²) in [6, 6.07) is 0.331. The van der Waals surface area contributed by atoms with Crippen LogP contribution in [0.3, 0.4) is 0 Å². The molecule has 94 valence electrons. The van der Waals surface area contributed by atoms with Gasteiger partial charge in [-0.3, -0.25) is 9.69 Å². The van der Waals surface area contributed by atoms with Crippen molar-refractivity contribution in [3.8, 4) is 0 Å². The molecule has 2 atom stereocenters. The molecule has 0 aromatic rings. The summed E-state index contributed by atoms with van der Waals surface area (Å²) in [5.41, 5.74) is 0. The number of nitrogens with zero attached hydrogens (tertiary/aromatic N) is 1. The Bertz CT molecular complexity index is 214. The Balaban J connectivity index is 2.33. The number of hydrogen-bond acceptors (Lipinski definition) is 3. The van der Waals surface area contributed by atoms with E-state index in [1.165, 1.54) is 0 Å². The van der Waals surface area contributed by atoms with Crippen molar-refractivity contribution in [1.29, 1.82) is 0 Å². The third-order valence-corrected chi connectivity index (χ3v) is 3.31. The van der Waals surface area contributed by atoms with Gasteiger partial charge in [0.15, 0.2) is 0 Å². The third-order valence-electron chi connectivity index (χ3n) is 3.31. The standard InChI is InChI=1S/C12H23NO3/c1-3-10(2)13(9-12(14)15)7-6-11-5-4-8-16-11/h10-11H,3-9H2,1-2H3,(H,14,15). The minimum atomic E-state index is -0.743. The first-order valence-corrected chi connectivity index (χ1v) is 6.21. The van der Waals surface area contributed by atoms with E-state index in [1.807, 2.05) is 4.90 Å². The molecule has 1 heterocycles. The summed E-state index contributed by atoms with van der Waals surface area (Å²) < 4.78 is 5.55. The molecule has 4 heteroatoms. The van der Waals surface area contributed by atoms with Gasteiger partial charge in [0.25, 0.3) is 0 Å². The van der Waals surface area contributed by atoms with Crippen LogP contribution < -0.4 is 0 Å². The largest absolute Gasteiger partial charge is 0.480 e. The number of carbonyl (C=O) groups is 1. The molecule has 0 amide bonds. The van der Waals surface area contributed by atoms with Crippen molar-refractivity contribution in [3.05, 3.63) is 0 Å². The zero-order valence-corrected chi connectivity index (χ0v) is 10.3. The number of carboxylic acid groups (broad SMARTS) is 1. The normalized spacial score (nSPS) is 22.6. The zero-order chi connectivity index (χ0) is 12.0. The number of aliphatic carboxylic acids is 1. The van der Waals surface area contributed by atoms with Crippen LogP contribution in [-0.4, -0.2) is 47.8 Å². The van der Waals surface area contributed by atoms with Crippen molar-refractivity contribution in [3.63, 3.8) is 0 Å². The molecule has 1 rings (SSSR count). The molecule has 1 fully saturated rings. The smallest absolute Gasteiger partial charge is 0.317 e. The average Bonchev–Trinajstić information content (AvgIpc) is 2.75. The van der Waals surface area contributed by atoms with E-state index < -0.39 is 5.97 Å². The van der Waals surface area contributed by atoms with Crippen molar-refractivity contribution in [2.75, 3.05) is 19.7 Å². The van der Waals surface area contributed by atoms with Crippen molar-refractivity contribution in [2.45, 2.75) is 51.7 Å². The van der Waals surface area contributed by atoms with E-state index in [0.717, 1.165) is 38.8 Å². The predicted octanol–water partition coefficient (Wildman–Crippen LogP) is 1.74. The fourth-order valence-corrected chi connectivity index (χ4v) is 2.07. The highest BCUT2D eigenvalue weighted by Gasteiger charge is 2.20. The molecule has 0 radical (unpaired) electrons. The van der Waals surface area contributed by atoms with Crippen LogP contribution in [0.4, 0.5) is 0 Å². The molecule has 1 N–H and O–H groups in total. The predicted molar refractivity (Wildman–Crippen MR) is 62.6 cm³/mol. The van der Waals surface area contributed by atoms with Crippen molar-refractivity contribution in [1.82, 2.24) is 4.90 Å². The lowest BCUT2D eigenvalue weighted by atomic mass is 10.1. The number of carboxylic acids is 1. The zero-order valence-electron chi connectivity index (χ0n) is 10.3. The van der Waals surface area contributed by atoms with Crippen LogP contribution in [-0.2, 0) is 9.53 Å². The summed E-state index contributed by atoms with van der Waals surface area (Å²) >= 11 is 0. The van der Waals surface area contributed by atoms with Gasteiger partial charge in [-0.05, 0) is 32.6 Å². The Morgan fingerprint density at radius 2 is 2.38 bits per heavy atom. The van der Waals surface area contributed by atoms with E-state index in [2.05, 4.69) is 13.8 Å². The number of hydrogen-bond donors (Lipinski definition) is 1. The van der Waals surface area contributed by atoms with Crippen LogP contribution in [0.2, 0.25) is 0 Å². The molecule has 16 heavy (non-hydrogen) atoms. The van der Waals surface area contributed by atoms with Crippen molar-refractivity contribution in [2.24, 2.45) is 0 Å². The molecule has 0 aromatic carbocycles. The van der Waals surface area contributed by atoms with Crippen LogP contribution in [0.5, 0.6) is 0 Å². The highest BCUT2D eigenvalue weighted by atomic mass is 16.5. The second-order valence-corrected chi connectivity index (χ2v) is 4.55. The molecule has 1 aliphatic heterocycles. The van der Waals surface area contributed by atoms with E-state index in [9.17, 15) is 4.79 Å². The van der Waals surface area contributed by atoms with Crippen LogP contribution in [0.1, 0.15) is 39.5 Å². The van der Waals surface area contributed by atoms with Crippen LogP contribution in [0.25, 0.3) is 0 Å². The molecular weight excluding hydrogens is 206 g/mol. The van der Waals surface area contributed by atoms with Gasteiger partial charge in [0.05, 0.1) is 12.6 Å². The maximum absolute atomic E-state index is 10.8. The van der Waals surface area contributed by atoms with Gasteiger partial charge in [0.1, 0.15) is 0 Å². The molecular formula is C12H23NO3. The second-order valence-electron chi connectivity index (χ2n) is 4.55. The fourth-order valence-electron chi connectivity index (χ4n) is 2.07. The molecule has 0 aliphatic carbocycles. The Morgan fingerprint density at radius 1 is 1.62 bits per heavy atom. The second kappa shape index (κ2) is 6.86. The first kappa shape index (κ1) is 13.5. The van der Waals surface area contributed by atoms with Gasteiger partial charge in [-0.15, -0.1) is 0 Å². The third kappa shape index (κ3) is 4.49. The lowest BCUT2D eigenvalue weighted by Crippen LogP contribution is -2.38. The van der Waals surface area contributed by atoms with Crippen LogP contribution >= 0.6 is 0 Å². The first-order chi connectivity index (χ1) is 7.63. The van der Waals surface area contributed by atoms with Gasteiger partial charge in [-0.2, -0.15) is 0 Å². The Morgan fingerprint density at radius 3 is 2.88 bits per heavy atom. The molecule has 0 spiro atoms. The molecule has 0 aromatic heterocycles. The Hall–Kier alpha value is -0.610. The van der Waals surface area contributed by atoms with E-state index >= 15 is 0 Å². The van der Waals surface area contributed by atoms with Crippen molar-refractivity contribution < 1.29 is 14.6 Å². The summed E-state index contributed by atoms with van der Waals surface area (Å²) in [6.45, 7) is 6.00. The maximum Gasteiger partial charge on any atom is 0.317 e. The number of ether oxygens (including phenoxy) is 1. The lowest BCUT2D eigenvalue weighted by Gasteiger charge is -2.27. The minimum Gasteiger partial charge on any atom is -0.480 e. The molecule has 1 aliphatic rings. The SMILES string of the molecule is CCC(C)N(CCC1CCCO1)CC(=O)O. The van der Waals surface area contributed by atoms with Gasteiger partial charge in [0.2, 0.25) is 0 Å². The molecule has 0 saturated carbocycles. The summed E-state index contributed by atoms with van der Waals surface area (Å²) in [5, 5.41) is 8.85.